The Bertz CT molecular complexity index is 640. The number of thiazole rings is 1. The molecule has 2 rings (SSSR count). The molecule has 0 saturated carbocycles. The molecule has 1 N–H and O–H groups in total. The number of nitrogens with one attached hydrogen (secondary N) is 1. The van der Waals surface area contributed by atoms with Gasteiger partial charge >= 0.3 is 0 Å². The maximum Gasteiger partial charge on any atom is 0.275 e. The van der Waals surface area contributed by atoms with E-state index in [1.165, 1.54) is 12.1 Å². The standard InChI is InChI=1S/C14H17N3O3S/c1-9(2)20-14-5-11(4-13(6-14)17(18)19)15-7-12-8-21-10(3)16-12/h4-6,8-9,15H,7H2,1-3H3. The van der Waals surface area contributed by atoms with Crippen LogP contribution in [0.25, 0.3) is 0 Å². The van der Waals surface area contributed by atoms with Crippen LogP contribution in [0.3, 0.4) is 0 Å². The second-order valence-electron chi connectivity index (χ2n) is 4.85. The third-order valence-corrected chi connectivity index (χ3v) is 3.44. The Hall–Kier alpha value is -2.15. The van der Waals surface area contributed by atoms with Crippen LogP contribution in [0, 0.1) is 17.0 Å². The van der Waals surface area contributed by atoms with Crippen LogP contribution in [0.5, 0.6) is 5.75 Å². The molecule has 0 unspecified atom stereocenters. The molecule has 0 aliphatic carbocycles. The van der Waals surface area contributed by atoms with Gasteiger partial charge in [-0.1, -0.05) is 0 Å². The summed E-state index contributed by atoms with van der Waals surface area (Å²) in [4.78, 5) is 14.9. The van der Waals surface area contributed by atoms with Gasteiger partial charge in [0.05, 0.1) is 34.3 Å². The number of rotatable bonds is 6. The largest absolute Gasteiger partial charge is 0.491 e. The zero-order valence-corrected chi connectivity index (χ0v) is 12.9. The molecule has 112 valence electrons. The van der Waals surface area contributed by atoms with Gasteiger partial charge in [-0.2, -0.15) is 0 Å². The van der Waals surface area contributed by atoms with Crippen LogP contribution in [0.1, 0.15) is 24.5 Å². The summed E-state index contributed by atoms with van der Waals surface area (Å²) in [6.45, 7) is 6.22. The SMILES string of the molecule is Cc1nc(CNc2cc(OC(C)C)cc([N+](=O)[O-])c2)cs1. The number of nitrogens with zero attached hydrogens (tertiary/aromatic N) is 2. The molecule has 0 radical (unpaired) electrons. The quantitative estimate of drug-likeness (QED) is 0.649. The monoisotopic (exact) mass is 307 g/mol. The van der Waals surface area contributed by atoms with E-state index in [2.05, 4.69) is 10.3 Å². The summed E-state index contributed by atoms with van der Waals surface area (Å²) >= 11 is 1.58. The fourth-order valence-corrected chi connectivity index (χ4v) is 2.43. The van der Waals surface area contributed by atoms with Gasteiger partial charge < -0.3 is 10.1 Å². The molecule has 0 fully saturated rings. The van der Waals surface area contributed by atoms with Gasteiger partial charge in [-0.15, -0.1) is 11.3 Å². The highest BCUT2D eigenvalue weighted by Gasteiger charge is 2.12. The van der Waals surface area contributed by atoms with Gasteiger partial charge in [0.2, 0.25) is 0 Å². The van der Waals surface area contributed by atoms with E-state index in [-0.39, 0.29) is 11.8 Å². The molecule has 2 aromatic rings. The molecule has 0 saturated heterocycles. The van der Waals surface area contributed by atoms with Gasteiger partial charge in [-0.25, -0.2) is 4.98 Å². The molecule has 6 nitrogen and oxygen atoms in total. The van der Waals surface area contributed by atoms with Gasteiger partial charge in [0.15, 0.2) is 0 Å². The Morgan fingerprint density at radius 2 is 2.19 bits per heavy atom. The van der Waals surface area contributed by atoms with Gasteiger partial charge in [-0.3, -0.25) is 10.1 Å². The highest BCUT2D eigenvalue weighted by Crippen LogP contribution is 2.27. The van der Waals surface area contributed by atoms with Crippen molar-refractivity contribution in [3.63, 3.8) is 0 Å². The molecule has 0 aliphatic rings. The van der Waals surface area contributed by atoms with Crippen molar-refractivity contribution in [2.45, 2.75) is 33.4 Å². The first-order valence-electron chi connectivity index (χ1n) is 6.55. The van der Waals surface area contributed by atoms with E-state index in [9.17, 15) is 10.1 Å². The number of hydrogen-bond acceptors (Lipinski definition) is 6. The Labute approximate surface area is 126 Å². The molecule has 1 heterocycles. The minimum Gasteiger partial charge on any atom is -0.491 e. The van der Waals surface area contributed by atoms with E-state index in [1.54, 1.807) is 17.4 Å². The molecule has 1 aromatic heterocycles. The van der Waals surface area contributed by atoms with E-state index in [0.717, 1.165) is 10.7 Å². The van der Waals surface area contributed by atoms with Crippen molar-refractivity contribution < 1.29 is 9.66 Å². The second-order valence-corrected chi connectivity index (χ2v) is 5.91. The third kappa shape index (κ3) is 4.42. The summed E-state index contributed by atoms with van der Waals surface area (Å²) in [6, 6.07) is 4.68. The van der Waals surface area contributed by atoms with Crippen molar-refractivity contribution in [2.24, 2.45) is 0 Å². The van der Waals surface area contributed by atoms with E-state index in [4.69, 9.17) is 4.74 Å². The number of aromatic nitrogens is 1. The first-order chi connectivity index (χ1) is 9.94. The van der Waals surface area contributed by atoms with Gasteiger partial charge in [-0.05, 0) is 20.8 Å². The van der Waals surface area contributed by atoms with E-state index in [0.29, 0.717) is 18.0 Å². The van der Waals surface area contributed by atoms with Crippen molar-refractivity contribution in [1.82, 2.24) is 4.98 Å². The number of non-ortho nitro benzene ring substituents is 1. The summed E-state index contributed by atoms with van der Waals surface area (Å²) < 4.78 is 5.54. The van der Waals surface area contributed by atoms with Crippen LogP contribution in [0.2, 0.25) is 0 Å². The van der Waals surface area contributed by atoms with E-state index in [1.807, 2.05) is 26.2 Å². The first-order valence-corrected chi connectivity index (χ1v) is 7.43. The average molecular weight is 307 g/mol. The van der Waals surface area contributed by atoms with E-state index < -0.39 is 4.92 Å². The summed E-state index contributed by atoms with van der Waals surface area (Å²) in [5, 5.41) is 17.1. The van der Waals surface area contributed by atoms with Crippen molar-refractivity contribution >= 4 is 22.7 Å². The lowest BCUT2D eigenvalue weighted by Gasteiger charge is -2.12. The van der Waals surface area contributed by atoms with Crippen LogP contribution in [-0.2, 0) is 6.54 Å². The zero-order valence-electron chi connectivity index (χ0n) is 12.1. The fraction of sp³-hybridized carbons (Fsp3) is 0.357. The number of ether oxygens (including phenoxy) is 1. The van der Waals surface area contributed by atoms with Gasteiger partial charge in [0, 0.05) is 23.2 Å². The van der Waals surface area contributed by atoms with Crippen molar-refractivity contribution in [2.75, 3.05) is 5.32 Å². The topological polar surface area (TPSA) is 77.3 Å². The number of hydrogen-bond donors (Lipinski definition) is 1. The normalized spacial score (nSPS) is 10.7. The summed E-state index contributed by atoms with van der Waals surface area (Å²) in [6.07, 6.45) is -0.0407. The Morgan fingerprint density at radius 1 is 1.43 bits per heavy atom. The summed E-state index contributed by atoms with van der Waals surface area (Å²) in [7, 11) is 0. The smallest absolute Gasteiger partial charge is 0.275 e. The molecule has 0 atom stereocenters. The summed E-state index contributed by atoms with van der Waals surface area (Å²) in [5.41, 5.74) is 1.56. The predicted octanol–water partition coefficient (Wildman–Crippen LogP) is 3.76. The third-order valence-electron chi connectivity index (χ3n) is 2.61. The van der Waals surface area contributed by atoms with Gasteiger partial charge in [0.1, 0.15) is 5.75 Å². The van der Waals surface area contributed by atoms with Crippen molar-refractivity contribution in [3.8, 4) is 5.75 Å². The zero-order chi connectivity index (χ0) is 15.4. The number of nitro groups is 1. The second kappa shape index (κ2) is 6.53. The number of aryl methyl sites for hydroxylation is 1. The molecule has 1 aromatic carbocycles. The molecule has 0 spiro atoms. The minimum atomic E-state index is -0.425. The van der Waals surface area contributed by atoms with Crippen LogP contribution in [0.4, 0.5) is 11.4 Å². The van der Waals surface area contributed by atoms with Crippen molar-refractivity contribution in [3.05, 3.63) is 44.4 Å². The molecular formula is C14H17N3O3S. The van der Waals surface area contributed by atoms with Crippen LogP contribution < -0.4 is 10.1 Å². The molecule has 0 bridgehead atoms. The van der Waals surface area contributed by atoms with Crippen LogP contribution in [-0.4, -0.2) is 16.0 Å². The first kappa shape index (κ1) is 15.2. The van der Waals surface area contributed by atoms with Crippen LogP contribution >= 0.6 is 11.3 Å². The average Bonchev–Trinajstić information content (AvgIpc) is 2.81. The lowest BCUT2D eigenvalue weighted by atomic mass is 10.2. The number of anilines is 1. The highest BCUT2D eigenvalue weighted by atomic mass is 32.1. The lowest BCUT2D eigenvalue weighted by Crippen LogP contribution is -2.07. The molecule has 0 amide bonds. The minimum absolute atomic E-state index is 0.00473. The van der Waals surface area contributed by atoms with Crippen LogP contribution in [0.15, 0.2) is 23.6 Å². The Kier molecular flexibility index (Phi) is 4.74. The number of nitro benzene ring substituents is 1. The maximum atomic E-state index is 11.0. The van der Waals surface area contributed by atoms with Gasteiger partial charge in [0.25, 0.3) is 5.69 Å². The summed E-state index contributed by atoms with van der Waals surface area (Å²) in [5.74, 6) is 0.483. The predicted molar refractivity (Wildman–Crippen MR) is 83.0 cm³/mol. The molecule has 21 heavy (non-hydrogen) atoms. The fourth-order valence-electron chi connectivity index (χ4n) is 1.81. The molecular weight excluding hydrogens is 290 g/mol. The highest BCUT2D eigenvalue weighted by molar-refractivity contribution is 7.09. The maximum absolute atomic E-state index is 11.0. The van der Waals surface area contributed by atoms with Crippen molar-refractivity contribution in [1.29, 1.82) is 0 Å². The van der Waals surface area contributed by atoms with E-state index >= 15 is 0 Å². The lowest BCUT2D eigenvalue weighted by molar-refractivity contribution is -0.384. The molecule has 0 aliphatic heterocycles. The molecule has 7 heteroatoms. The Morgan fingerprint density at radius 3 is 2.76 bits per heavy atom. The number of benzene rings is 1. The Balaban J connectivity index is 2.16.